The van der Waals surface area contributed by atoms with Crippen LogP contribution < -0.4 is 4.74 Å². The van der Waals surface area contributed by atoms with E-state index in [1.54, 1.807) is 7.11 Å². The quantitative estimate of drug-likeness (QED) is 0.709. The lowest BCUT2D eigenvalue weighted by atomic mass is 9.97. The standard InChI is InChI=1S/C15H20NO/c1-12-11-13(17-4)8-9-14(12)15-7-5-6-10-16(15,2)3/h5-11,15H,1-4H3/q+1. The fourth-order valence-corrected chi connectivity index (χ4v) is 2.32. The van der Waals surface area contributed by atoms with Crippen molar-refractivity contribution in [1.29, 1.82) is 0 Å². The summed E-state index contributed by atoms with van der Waals surface area (Å²) in [6.45, 7) is 2.14. The van der Waals surface area contributed by atoms with Crippen LogP contribution in [-0.2, 0) is 0 Å². The molecule has 1 unspecified atom stereocenters. The molecule has 1 heterocycles. The Balaban J connectivity index is 2.41. The van der Waals surface area contributed by atoms with Gasteiger partial charge in [-0.1, -0.05) is 6.08 Å². The minimum absolute atomic E-state index is 0.380. The van der Waals surface area contributed by atoms with Gasteiger partial charge in [0.25, 0.3) is 0 Å². The molecule has 0 bridgehead atoms. The fourth-order valence-electron chi connectivity index (χ4n) is 2.32. The highest BCUT2D eigenvalue weighted by Gasteiger charge is 2.28. The molecule has 1 aromatic rings. The van der Waals surface area contributed by atoms with Crippen LogP contribution in [0.15, 0.2) is 42.6 Å². The first-order chi connectivity index (χ1) is 8.04. The van der Waals surface area contributed by atoms with Gasteiger partial charge >= 0.3 is 0 Å². The third-order valence-electron chi connectivity index (χ3n) is 3.39. The summed E-state index contributed by atoms with van der Waals surface area (Å²) >= 11 is 0. The normalized spacial score (nSPS) is 21.5. The molecular weight excluding hydrogens is 210 g/mol. The number of hydrogen-bond donors (Lipinski definition) is 0. The Labute approximate surface area is 103 Å². The van der Waals surface area contributed by atoms with E-state index in [9.17, 15) is 0 Å². The predicted molar refractivity (Wildman–Crippen MR) is 70.9 cm³/mol. The van der Waals surface area contributed by atoms with Gasteiger partial charge in [0.2, 0.25) is 0 Å². The number of ether oxygens (including phenoxy) is 1. The topological polar surface area (TPSA) is 9.23 Å². The molecule has 0 N–H and O–H groups in total. The highest BCUT2D eigenvalue weighted by Crippen LogP contribution is 2.33. The molecule has 0 saturated heterocycles. The Hall–Kier alpha value is -1.54. The van der Waals surface area contributed by atoms with Gasteiger partial charge in [-0.2, -0.15) is 0 Å². The zero-order valence-electron chi connectivity index (χ0n) is 11.0. The summed E-state index contributed by atoms with van der Waals surface area (Å²) in [5, 5.41) is 0. The number of nitrogens with zero attached hydrogens (tertiary/aromatic N) is 1. The summed E-state index contributed by atoms with van der Waals surface area (Å²) in [4.78, 5) is 0. The molecule has 0 spiro atoms. The van der Waals surface area contributed by atoms with Crippen molar-refractivity contribution in [1.82, 2.24) is 0 Å². The SMILES string of the molecule is COc1ccc(C2C=CC=C[N+]2(C)C)c(C)c1. The number of hydrogen-bond acceptors (Lipinski definition) is 1. The zero-order valence-corrected chi connectivity index (χ0v) is 11.0. The number of methoxy groups -OCH3 is 1. The first kappa shape index (κ1) is 11.9. The van der Waals surface area contributed by atoms with Crippen molar-refractivity contribution in [3.63, 3.8) is 0 Å². The van der Waals surface area contributed by atoms with Crippen LogP contribution in [0.5, 0.6) is 5.75 Å². The van der Waals surface area contributed by atoms with Crippen LogP contribution in [0.25, 0.3) is 0 Å². The van der Waals surface area contributed by atoms with E-state index in [1.807, 2.05) is 6.07 Å². The number of allylic oxidation sites excluding steroid dienone is 2. The van der Waals surface area contributed by atoms with Gasteiger partial charge in [-0.25, -0.2) is 0 Å². The zero-order chi connectivity index (χ0) is 12.5. The number of quaternary nitrogens is 1. The van der Waals surface area contributed by atoms with Crippen molar-refractivity contribution in [3.05, 3.63) is 53.8 Å². The second kappa shape index (κ2) is 4.38. The van der Waals surface area contributed by atoms with Crippen LogP contribution in [0, 0.1) is 6.92 Å². The minimum atomic E-state index is 0.380. The summed E-state index contributed by atoms with van der Waals surface area (Å²) in [6, 6.07) is 6.68. The summed E-state index contributed by atoms with van der Waals surface area (Å²) in [7, 11) is 6.14. The Kier molecular flexibility index (Phi) is 3.07. The highest BCUT2D eigenvalue weighted by atomic mass is 16.5. The van der Waals surface area contributed by atoms with Gasteiger partial charge < -0.3 is 4.74 Å². The number of aryl methyl sites for hydroxylation is 1. The smallest absolute Gasteiger partial charge is 0.138 e. The largest absolute Gasteiger partial charge is 0.497 e. The minimum Gasteiger partial charge on any atom is -0.497 e. The van der Waals surface area contributed by atoms with Gasteiger partial charge in [0, 0.05) is 5.56 Å². The Morgan fingerprint density at radius 3 is 2.53 bits per heavy atom. The summed E-state index contributed by atoms with van der Waals surface area (Å²) in [5.74, 6) is 0.923. The van der Waals surface area contributed by atoms with E-state index in [0.29, 0.717) is 6.04 Å². The van der Waals surface area contributed by atoms with Gasteiger partial charge in [-0.15, -0.1) is 0 Å². The Morgan fingerprint density at radius 2 is 1.94 bits per heavy atom. The molecule has 0 aromatic heterocycles. The summed E-state index contributed by atoms with van der Waals surface area (Å²) < 4.78 is 6.10. The van der Waals surface area contributed by atoms with E-state index in [2.05, 4.69) is 57.6 Å². The van der Waals surface area contributed by atoms with Gasteiger partial charge in [0.15, 0.2) is 0 Å². The number of benzene rings is 1. The lowest BCUT2D eigenvalue weighted by molar-refractivity contribution is -0.865. The van der Waals surface area contributed by atoms with E-state index < -0.39 is 0 Å². The Bertz CT molecular complexity index is 472. The molecule has 0 aliphatic carbocycles. The molecule has 0 radical (unpaired) electrons. The van der Waals surface area contributed by atoms with Crippen LogP contribution in [0.1, 0.15) is 17.2 Å². The molecular formula is C15H20NO+. The predicted octanol–water partition coefficient (Wildman–Crippen LogP) is 3.20. The molecule has 0 fully saturated rings. The van der Waals surface area contributed by atoms with Crippen LogP contribution in [0.4, 0.5) is 0 Å². The van der Waals surface area contributed by atoms with E-state index >= 15 is 0 Å². The van der Waals surface area contributed by atoms with Crippen molar-refractivity contribution in [3.8, 4) is 5.75 Å². The van der Waals surface area contributed by atoms with Crippen LogP contribution in [-0.4, -0.2) is 25.7 Å². The van der Waals surface area contributed by atoms with E-state index in [4.69, 9.17) is 4.74 Å². The van der Waals surface area contributed by atoms with Crippen LogP contribution in [0.2, 0.25) is 0 Å². The molecule has 2 rings (SSSR count). The fraction of sp³-hybridized carbons (Fsp3) is 0.333. The van der Waals surface area contributed by atoms with Crippen LogP contribution in [0.3, 0.4) is 0 Å². The van der Waals surface area contributed by atoms with Gasteiger partial charge in [-0.3, -0.25) is 4.48 Å². The van der Waals surface area contributed by atoms with Crippen molar-refractivity contribution >= 4 is 0 Å². The van der Waals surface area contributed by atoms with E-state index in [1.165, 1.54) is 11.1 Å². The molecule has 1 aromatic carbocycles. The molecule has 17 heavy (non-hydrogen) atoms. The van der Waals surface area contributed by atoms with Crippen LogP contribution >= 0.6 is 0 Å². The third-order valence-corrected chi connectivity index (χ3v) is 3.39. The van der Waals surface area contributed by atoms with E-state index in [0.717, 1.165) is 10.2 Å². The molecule has 2 nitrogen and oxygen atoms in total. The molecule has 1 atom stereocenters. The molecule has 90 valence electrons. The molecule has 1 aliphatic heterocycles. The molecule has 0 saturated carbocycles. The monoisotopic (exact) mass is 230 g/mol. The lowest BCUT2D eigenvalue weighted by Crippen LogP contribution is -2.38. The maximum absolute atomic E-state index is 5.25. The van der Waals surface area contributed by atoms with Gasteiger partial charge in [0.1, 0.15) is 11.8 Å². The second-order valence-corrected chi connectivity index (χ2v) is 5.02. The second-order valence-electron chi connectivity index (χ2n) is 5.02. The first-order valence-corrected chi connectivity index (χ1v) is 5.88. The average Bonchev–Trinajstić information content (AvgIpc) is 2.29. The van der Waals surface area contributed by atoms with E-state index in [-0.39, 0.29) is 0 Å². The van der Waals surface area contributed by atoms with Crippen molar-refractivity contribution < 1.29 is 9.22 Å². The number of likely N-dealkylation sites (N-methyl/N-ethyl adjacent to an activating group) is 1. The summed E-state index contributed by atoms with van der Waals surface area (Å²) in [6.07, 6.45) is 8.70. The van der Waals surface area contributed by atoms with Crippen molar-refractivity contribution in [2.24, 2.45) is 0 Å². The maximum atomic E-state index is 5.25. The van der Waals surface area contributed by atoms with Gasteiger partial charge in [0.05, 0.1) is 27.4 Å². The van der Waals surface area contributed by atoms with Crippen molar-refractivity contribution in [2.45, 2.75) is 13.0 Å². The molecule has 0 amide bonds. The average molecular weight is 230 g/mol. The third kappa shape index (κ3) is 2.27. The molecule has 1 aliphatic rings. The lowest BCUT2D eigenvalue weighted by Gasteiger charge is -2.35. The first-order valence-electron chi connectivity index (χ1n) is 5.88. The summed E-state index contributed by atoms with van der Waals surface area (Å²) in [5.41, 5.74) is 2.64. The van der Waals surface area contributed by atoms with Crippen molar-refractivity contribution in [2.75, 3.05) is 21.2 Å². The number of rotatable bonds is 2. The molecule has 2 heteroatoms. The highest BCUT2D eigenvalue weighted by molar-refractivity contribution is 5.38. The maximum Gasteiger partial charge on any atom is 0.138 e. The van der Waals surface area contributed by atoms with Gasteiger partial charge in [-0.05, 0) is 42.8 Å². The Morgan fingerprint density at radius 1 is 1.18 bits per heavy atom.